The number of benzene rings is 1. The van der Waals surface area contributed by atoms with Gasteiger partial charge in [0.1, 0.15) is 0 Å². The van der Waals surface area contributed by atoms with Gasteiger partial charge in [-0.05, 0) is 19.2 Å². The molecule has 0 aliphatic heterocycles. The van der Waals surface area contributed by atoms with Crippen molar-refractivity contribution >= 4 is 5.69 Å². The van der Waals surface area contributed by atoms with E-state index < -0.39 is 6.04 Å². The highest BCUT2D eigenvalue weighted by Crippen LogP contribution is 1.96. The molecule has 0 aliphatic carbocycles. The monoisotopic (exact) mass is 240 g/mol. The first kappa shape index (κ1) is 15.3. The van der Waals surface area contributed by atoms with Crippen LogP contribution in [0, 0.1) is 10.1 Å². The van der Waals surface area contributed by atoms with Gasteiger partial charge in [0.15, 0.2) is 0 Å². The molecule has 0 fully saturated rings. The minimum absolute atomic E-state index is 0.273. The van der Waals surface area contributed by atoms with Gasteiger partial charge in [0, 0.05) is 17.0 Å². The van der Waals surface area contributed by atoms with Crippen molar-refractivity contribution in [3.63, 3.8) is 0 Å². The molecule has 6 heteroatoms. The Morgan fingerprint density at radius 2 is 2.00 bits per heavy atom. The molecule has 17 heavy (non-hydrogen) atoms. The van der Waals surface area contributed by atoms with Crippen molar-refractivity contribution in [1.29, 1.82) is 0 Å². The van der Waals surface area contributed by atoms with E-state index in [1.54, 1.807) is 14.0 Å². The quantitative estimate of drug-likeness (QED) is 0.406. The lowest BCUT2D eigenvalue weighted by Crippen LogP contribution is -2.38. The first-order valence-corrected chi connectivity index (χ1v) is 5.45. The van der Waals surface area contributed by atoms with Gasteiger partial charge in [-0.25, -0.2) is 0 Å². The molecule has 0 saturated carbocycles. The first-order chi connectivity index (χ1) is 8.11. The second-order valence-corrected chi connectivity index (χ2v) is 3.39. The smallest absolute Gasteiger partial charge is 0.226 e. The van der Waals surface area contributed by atoms with E-state index in [0.717, 1.165) is 5.69 Å². The Kier molecular flexibility index (Phi) is 8.62. The Labute approximate surface area is 101 Å². The van der Waals surface area contributed by atoms with E-state index in [2.05, 4.69) is 10.9 Å². The second kappa shape index (κ2) is 9.56. The molecule has 0 aromatic heterocycles. The predicted octanol–water partition coefficient (Wildman–Crippen LogP) is 1.03. The SMILES string of the molecule is CCC(CNNC)[N+](=O)[O-].Nc1ccccc1. The molecule has 96 valence electrons. The number of rotatable bonds is 5. The number of nitrogens with two attached hydrogens (primary N) is 1. The lowest BCUT2D eigenvalue weighted by Gasteiger charge is -2.06. The fourth-order valence-corrected chi connectivity index (χ4v) is 1.04. The summed E-state index contributed by atoms with van der Waals surface area (Å²) in [6, 6.07) is 9.01. The highest BCUT2D eigenvalue weighted by atomic mass is 16.6. The van der Waals surface area contributed by atoms with Gasteiger partial charge in [-0.15, -0.1) is 0 Å². The van der Waals surface area contributed by atoms with Gasteiger partial charge in [-0.1, -0.05) is 25.1 Å². The average molecular weight is 240 g/mol. The van der Waals surface area contributed by atoms with E-state index in [1.807, 2.05) is 30.3 Å². The van der Waals surface area contributed by atoms with E-state index in [9.17, 15) is 10.1 Å². The van der Waals surface area contributed by atoms with Crippen LogP contribution >= 0.6 is 0 Å². The fourth-order valence-electron chi connectivity index (χ4n) is 1.04. The van der Waals surface area contributed by atoms with Crippen molar-refractivity contribution in [3.8, 4) is 0 Å². The molecule has 1 aromatic rings. The summed E-state index contributed by atoms with van der Waals surface area (Å²) in [4.78, 5) is 9.90. The third-order valence-corrected chi connectivity index (χ3v) is 2.08. The van der Waals surface area contributed by atoms with Crippen molar-refractivity contribution in [1.82, 2.24) is 10.9 Å². The van der Waals surface area contributed by atoms with Crippen LogP contribution in [0.2, 0.25) is 0 Å². The number of nitrogen functional groups attached to an aromatic ring is 1. The minimum atomic E-state index is -0.479. The van der Waals surface area contributed by atoms with E-state index >= 15 is 0 Å². The number of anilines is 1. The van der Waals surface area contributed by atoms with E-state index in [1.165, 1.54) is 0 Å². The number of hydrogen-bond donors (Lipinski definition) is 3. The Morgan fingerprint density at radius 1 is 1.41 bits per heavy atom. The summed E-state index contributed by atoms with van der Waals surface area (Å²) in [5.74, 6) is 0. The molecular weight excluding hydrogens is 220 g/mol. The summed E-state index contributed by atoms with van der Waals surface area (Å²) in [5, 5.41) is 10.2. The molecule has 0 amide bonds. The van der Waals surface area contributed by atoms with E-state index in [0.29, 0.717) is 13.0 Å². The molecule has 0 spiro atoms. The van der Waals surface area contributed by atoms with Gasteiger partial charge in [-0.3, -0.25) is 21.0 Å². The molecule has 6 nitrogen and oxygen atoms in total. The van der Waals surface area contributed by atoms with Crippen molar-refractivity contribution in [2.24, 2.45) is 0 Å². The van der Waals surface area contributed by atoms with Gasteiger partial charge in [-0.2, -0.15) is 0 Å². The highest BCUT2D eigenvalue weighted by Gasteiger charge is 2.15. The van der Waals surface area contributed by atoms with Crippen LogP contribution < -0.4 is 16.6 Å². The average Bonchev–Trinajstić information content (AvgIpc) is 2.31. The Morgan fingerprint density at radius 3 is 2.29 bits per heavy atom. The van der Waals surface area contributed by atoms with Gasteiger partial charge < -0.3 is 5.73 Å². The molecule has 0 bridgehead atoms. The van der Waals surface area contributed by atoms with Gasteiger partial charge in [0.2, 0.25) is 6.04 Å². The van der Waals surface area contributed by atoms with Crippen LogP contribution in [0.3, 0.4) is 0 Å². The van der Waals surface area contributed by atoms with Crippen molar-refractivity contribution in [2.45, 2.75) is 19.4 Å². The lowest BCUT2D eigenvalue weighted by atomic mass is 10.2. The number of nitrogens with zero attached hydrogens (tertiary/aromatic N) is 1. The Bertz CT molecular complexity index is 306. The van der Waals surface area contributed by atoms with Crippen molar-refractivity contribution < 1.29 is 4.92 Å². The molecule has 0 heterocycles. The molecular formula is C11H20N4O2. The summed E-state index contributed by atoms with van der Waals surface area (Å²) >= 11 is 0. The van der Waals surface area contributed by atoms with Crippen molar-refractivity contribution in [2.75, 3.05) is 19.3 Å². The van der Waals surface area contributed by atoms with Gasteiger partial charge >= 0.3 is 0 Å². The number of hydrazine groups is 1. The second-order valence-electron chi connectivity index (χ2n) is 3.39. The van der Waals surface area contributed by atoms with Crippen LogP contribution in [0.15, 0.2) is 30.3 Å². The minimum Gasteiger partial charge on any atom is -0.399 e. The molecule has 1 atom stereocenters. The number of nitro groups is 1. The van der Waals surface area contributed by atoms with Crippen LogP contribution in [0.5, 0.6) is 0 Å². The zero-order chi connectivity index (χ0) is 13.1. The van der Waals surface area contributed by atoms with Gasteiger partial charge in [0.05, 0.1) is 6.54 Å². The largest absolute Gasteiger partial charge is 0.399 e. The third kappa shape index (κ3) is 8.18. The summed E-state index contributed by atoms with van der Waals surface area (Å²) in [6.07, 6.45) is 0.557. The zero-order valence-corrected chi connectivity index (χ0v) is 10.2. The maximum absolute atomic E-state index is 10.2. The van der Waals surface area contributed by atoms with Crippen LogP contribution in [-0.4, -0.2) is 24.6 Å². The Balaban J connectivity index is 0.000000318. The van der Waals surface area contributed by atoms with Crippen molar-refractivity contribution in [3.05, 3.63) is 40.4 Å². The third-order valence-electron chi connectivity index (χ3n) is 2.08. The van der Waals surface area contributed by atoms with Crippen LogP contribution in [-0.2, 0) is 0 Å². The lowest BCUT2D eigenvalue weighted by molar-refractivity contribution is -0.520. The molecule has 1 rings (SSSR count). The predicted molar refractivity (Wildman–Crippen MR) is 69.0 cm³/mol. The van der Waals surface area contributed by atoms with E-state index in [-0.39, 0.29) is 4.92 Å². The summed E-state index contributed by atoms with van der Waals surface area (Å²) < 4.78 is 0. The molecule has 0 saturated heterocycles. The molecule has 4 N–H and O–H groups in total. The summed E-state index contributed by atoms with van der Waals surface area (Å²) in [6.45, 7) is 2.17. The maximum atomic E-state index is 10.2. The van der Waals surface area contributed by atoms with Gasteiger partial charge in [0.25, 0.3) is 0 Å². The number of hydrogen-bond acceptors (Lipinski definition) is 5. The fraction of sp³-hybridized carbons (Fsp3) is 0.455. The molecule has 1 aromatic carbocycles. The van der Waals surface area contributed by atoms with Crippen LogP contribution in [0.1, 0.15) is 13.3 Å². The Hall–Kier alpha value is -1.66. The topological polar surface area (TPSA) is 93.2 Å². The molecule has 1 unspecified atom stereocenters. The zero-order valence-electron chi connectivity index (χ0n) is 10.2. The normalized spacial score (nSPS) is 11.2. The number of nitrogens with one attached hydrogen (secondary N) is 2. The molecule has 0 radical (unpaired) electrons. The van der Waals surface area contributed by atoms with Crippen LogP contribution in [0.4, 0.5) is 5.69 Å². The van der Waals surface area contributed by atoms with E-state index in [4.69, 9.17) is 5.73 Å². The standard InChI is InChI=1S/C6H7N.C5H13N3O2/c7-6-4-2-1-3-5-6;1-3-5(8(9)10)4-7-6-2/h1-5H,7H2;5-7H,3-4H2,1-2H3. The summed E-state index contributed by atoms with van der Waals surface area (Å²) in [7, 11) is 1.69. The highest BCUT2D eigenvalue weighted by molar-refractivity contribution is 5.35. The summed E-state index contributed by atoms with van der Waals surface area (Å²) in [5.41, 5.74) is 11.5. The maximum Gasteiger partial charge on any atom is 0.226 e. The first-order valence-electron chi connectivity index (χ1n) is 5.45. The number of para-hydroxylation sites is 1. The van der Waals surface area contributed by atoms with Crippen LogP contribution in [0.25, 0.3) is 0 Å². The molecule has 0 aliphatic rings.